The lowest BCUT2D eigenvalue weighted by molar-refractivity contribution is 0.0668. The summed E-state index contributed by atoms with van der Waals surface area (Å²) >= 11 is 0. The Morgan fingerprint density at radius 1 is 1.20 bits per heavy atom. The second-order valence-electron chi connectivity index (χ2n) is 6.55. The van der Waals surface area contributed by atoms with E-state index in [2.05, 4.69) is 6.07 Å². The topological polar surface area (TPSA) is 44.1 Å². The number of carbonyl (C=O) groups excluding carboxylic acids is 1. The number of hydrogen-bond donors (Lipinski definition) is 0. The molecule has 4 heteroatoms. The van der Waals surface area contributed by atoms with E-state index < -0.39 is 0 Å². The van der Waals surface area contributed by atoms with E-state index in [9.17, 15) is 14.4 Å². The second-order valence-corrected chi connectivity index (χ2v) is 6.55. The quantitative estimate of drug-likeness (QED) is 0.840. The fraction of sp³-hybridized carbons (Fsp3) is 0.333. The number of halogens is 1. The molecular formula is C21H21FN2O. The molecule has 1 amide bonds. The zero-order valence-corrected chi connectivity index (χ0v) is 14.1. The molecule has 1 heterocycles. The predicted octanol–water partition coefficient (Wildman–Crippen LogP) is 4.18. The maximum absolute atomic E-state index is 13.8. The molecule has 0 spiro atoms. The molecule has 1 fully saturated rings. The van der Waals surface area contributed by atoms with Crippen LogP contribution < -0.4 is 0 Å². The first-order valence-electron chi connectivity index (χ1n) is 8.71. The van der Waals surface area contributed by atoms with Crippen LogP contribution in [0.2, 0.25) is 0 Å². The first-order valence-corrected chi connectivity index (χ1v) is 8.71. The van der Waals surface area contributed by atoms with E-state index in [1.54, 1.807) is 30.3 Å². The number of nitrogens with zero attached hydrogens (tertiary/aromatic N) is 2. The van der Waals surface area contributed by atoms with Crippen molar-refractivity contribution in [1.29, 1.82) is 5.26 Å². The lowest BCUT2D eigenvalue weighted by Crippen LogP contribution is -2.40. The van der Waals surface area contributed by atoms with Crippen LogP contribution in [0.3, 0.4) is 0 Å². The number of likely N-dealkylation sites (tertiary alicyclic amines) is 1. The molecule has 2 aromatic rings. The summed E-state index contributed by atoms with van der Waals surface area (Å²) in [6.07, 6.45) is 3.55. The van der Waals surface area contributed by atoms with Gasteiger partial charge in [-0.3, -0.25) is 4.79 Å². The second kappa shape index (κ2) is 7.94. The summed E-state index contributed by atoms with van der Waals surface area (Å²) in [6, 6.07) is 15.9. The van der Waals surface area contributed by atoms with Gasteiger partial charge in [0.2, 0.25) is 0 Å². The molecule has 0 radical (unpaired) electrons. The Kier molecular flexibility index (Phi) is 5.45. The molecule has 1 atom stereocenters. The average Bonchev–Trinajstić information content (AvgIpc) is 2.67. The zero-order valence-electron chi connectivity index (χ0n) is 14.1. The summed E-state index contributed by atoms with van der Waals surface area (Å²) < 4.78 is 13.8. The zero-order chi connectivity index (χ0) is 17.6. The number of amides is 1. The van der Waals surface area contributed by atoms with Crippen LogP contribution >= 0.6 is 0 Å². The van der Waals surface area contributed by atoms with Gasteiger partial charge in [0.1, 0.15) is 5.82 Å². The summed E-state index contributed by atoms with van der Waals surface area (Å²) in [7, 11) is 0. The predicted molar refractivity (Wildman–Crippen MR) is 94.5 cm³/mol. The molecule has 3 nitrogen and oxygen atoms in total. The van der Waals surface area contributed by atoms with Gasteiger partial charge in [-0.25, -0.2) is 4.39 Å². The molecule has 0 N–H and O–H groups in total. The van der Waals surface area contributed by atoms with Crippen LogP contribution in [0.5, 0.6) is 0 Å². The van der Waals surface area contributed by atoms with Crippen molar-refractivity contribution < 1.29 is 9.18 Å². The summed E-state index contributed by atoms with van der Waals surface area (Å²) in [6.45, 7) is 1.39. The summed E-state index contributed by atoms with van der Waals surface area (Å²) in [5, 5.41) is 9.20. The van der Waals surface area contributed by atoms with Gasteiger partial charge in [0.05, 0.1) is 17.2 Å². The SMILES string of the molecule is N#Cc1ccccc1C(=O)N1CCCC(CCc2ccccc2F)C1. The molecule has 128 valence electrons. The fourth-order valence-corrected chi connectivity index (χ4v) is 3.48. The maximum atomic E-state index is 13.8. The smallest absolute Gasteiger partial charge is 0.255 e. The standard InChI is InChI=1S/C21H21FN2O/c22-20-10-4-2-7-17(20)12-11-16-6-5-13-24(15-16)21(25)19-9-3-1-8-18(19)14-23/h1-4,7-10,16H,5-6,11-13,15H2. The van der Waals surface area contributed by atoms with Gasteiger partial charge < -0.3 is 4.90 Å². The van der Waals surface area contributed by atoms with Crippen molar-refractivity contribution in [3.05, 3.63) is 71.0 Å². The number of aryl methyl sites for hydroxylation is 1. The van der Waals surface area contributed by atoms with Gasteiger partial charge >= 0.3 is 0 Å². The highest BCUT2D eigenvalue weighted by atomic mass is 19.1. The van der Waals surface area contributed by atoms with Crippen molar-refractivity contribution in [2.45, 2.75) is 25.7 Å². The van der Waals surface area contributed by atoms with E-state index in [-0.39, 0.29) is 11.7 Å². The number of rotatable bonds is 4. The fourth-order valence-electron chi connectivity index (χ4n) is 3.48. The Labute approximate surface area is 147 Å². The number of nitriles is 1. The van der Waals surface area contributed by atoms with Crippen LogP contribution in [-0.4, -0.2) is 23.9 Å². The van der Waals surface area contributed by atoms with E-state index in [4.69, 9.17) is 0 Å². The Balaban J connectivity index is 1.64. The van der Waals surface area contributed by atoms with Crippen LogP contribution in [-0.2, 0) is 6.42 Å². The molecule has 3 rings (SSSR count). The average molecular weight is 336 g/mol. The highest BCUT2D eigenvalue weighted by Gasteiger charge is 2.25. The summed E-state index contributed by atoms with van der Waals surface area (Å²) in [4.78, 5) is 14.6. The van der Waals surface area contributed by atoms with Crippen molar-refractivity contribution >= 4 is 5.91 Å². The number of piperidine rings is 1. The molecule has 2 aromatic carbocycles. The van der Waals surface area contributed by atoms with Crippen LogP contribution in [0, 0.1) is 23.1 Å². The van der Waals surface area contributed by atoms with Crippen LogP contribution in [0.1, 0.15) is 40.7 Å². The van der Waals surface area contributed by atoms with E-state index in [0.29, 0.717) is 30.0 Å². The summed E-state index contributed by atoms with van der Waals surface area (Å²) in [5.41, 5.74) is 1.63. The van der Waals surface area contributed by atoms with Gasteiger partial charge in [-0.05, 0) is 55.4 Å². The van der Waals surface area contributed by atoms with E-state index >= 15 is 0 Å². The maximum Gasteiger partial charge on any atom is 0.255 e. The molecule has 0 aliphatic carbocycles. The number of benzene rings is 2. The van der Waals surface area contributed by atoms with Crippen molar-refractivity contribution in [3.63, 3.8) is 0 Å². The third-order valence-electron chi connectivity index (χ3n) is 4.86. The van der Waals surface area contributed by atoms with E-state index in [1.165, 1.54) is 6.07 Å². The minimum Gasteiger partial charge on any atom is -0.338 e. The molecule has 0 bridgehead atoms. The Hall–Kier alpha value is -2.67. The molecule has 1 unspecified atom stereocenters. The normalized spacial score (nSPS) is 17.1. The van der Waals surface area contributed by atoms with Gasteiger partial charge in [0, 0.05) is 13.1 Å². The van der Waals surface area contributed by atoms with Crippen molar-refractivity contribution in [2.24, 2.45) is 5.92 Å². The largest absolute Gasteiger partial charge is 0.338 e. The molecule has 1 aliphatic rings. The van der Waals surface area contributed by atoms with Gasteiger partial charge in [0.25, 0.3) is 5.91 Å². The van der Waals surface area contributed by atoms with Gasteiger partial charge in [-0.15, -0.1) is 0 Å². The minimum absolute atomic E-state index is 0.0762. The molecule has 1 saturated heterocycles. The Morgan fingerprint density at radius 2 is 1.96 bits per heavy atom. The number of carbonyl (C=O) groups is 1. The first kappa shape index (κ1) is 17.2. The van der Waals surface area contributed by atoms with Gasteiger partial charge in [0.15, 0.2) is 0 Å². The van der Waals surface area contributed by atoms with Crippen molar-refractivity contribution in [3.8, 4) is 6.07 Å². The van der Waals surface area contributed by atoms with Crippen molar-refractivity contribution in [2.75, 3.05) is 13.1 Å². The van der Waals surface area contributed by atoms with Crippen LogP contribution in [0.25, 0.3) is 0 Å². The highest BCUT2D eigenvalue weighted by Crippen LogP contribution is 2.24. The third kappa shape index (κ3) is 4.06. The molecule has 25 heavy (non-hydrogen) atoms. The minimum atomic E-state index is -0.158. The lowest BCUT2D eigenvalue weighted by atomic mass is 9.91. The summed E-state index contributed by atoms with van der Waals surface area (Å²) in [5.74, 6) is 0.133. The molecule has 0 aromatic heterocycles. The van der Waals surface area contributed by atoms with Crippen LogP contribution in [0.4, 0.5) is 4.39 Å². The van der Waals surface area contributed by atoms with E-state index in [0.717, 1.165) is 31.4 Å². The van der Waals surface area contributed by atoms with Crippen LogP contribution in [0.15, 0.2) is 48.5 Å². The molecule has 0 saturated carbocycles. The number of hydrogen-bond acceptors (Lipinski definition) is 2. The van der Waals surface area contributed by atoms with Gasteiger partial charge in [-0.1, -0.05) is 30.3 Å². The third-order valence-corrected chi connectivity index (χ3v) is 4.86. The molecule has 1 aliphatic heterocycles. The lowest BCUT2D eigenvalue weighted by Gasteiger charge is -2.33. The van der Waals surface area contributed by atoms with E-state index in [1.807, 2.05) is 17.0 Å². The Morgan fingerprint density at radius 3 is 2.76 bits per heavy atom. The monoisotopic (exact) mass is 336 g/mol. The molecular weight excluding hydrogens is 315 g/mol. The Bertz CT molecular complexity index is 796. The first-order chi connectivity index (χ1) is 12.2. The van der Waals surface area contributed by atoms with Crippen molar-refractivity contribution in [1.82, 2.24) is 4.90 Å². The highest BCUT2D eigenvalue weighted by molar-refractivity contribution is 5.96. The van der Waals surface area contributed by atoms with Gasteiger partial charge in [-0.2, -0.15) is 5.26 Å².